The van der Waals surface area contributed by atoms with Gasteiger partial charge in [-0.05, 0) is 36.1 Å². The van der Waals surface area contributed by atoms with Crippen LogP contribution in [0.2, 0.25) is 0 Å². The Balaban J connectivity index is 1.83. The molecule has 2 nitrogen and oxygen atoms in total. The molecule has 17 heavy (non-hydrogen) atoms. The van der Waals surface area contributed by atoms with Gasteiger partial charge in [0.1, 0.15) is 5.75 Å². The second-order valence-electron chi connectivity index (χ2n) is 3.92. The average molecular weight is 248 g/mol. The zero-order valence-electron chi connectivity index (χ0n) is 9.80. The maximum absolute atomic E-state index is 9.38. The molecule has 1 N–H and O–H groups in total. The van der Waals surface area contributed by atoms with Crippen LogP contribution in [-0.4, -0.2) is 11.7 Å². The highest BCUT2D eigenvalue weighted by Gasteiger charge is 2.01. The smallest absolute Gasteiger partial charge is 0.119 e. The first kappa shape index (κ1) is 12.1. The van der Waals surface area contributed by atoms with E-state index in [1.807, 2.05) is 24.3 Å². The number of thiophene rings is 1. The largest absolute Gasteiger partial charge is 0.493 e. The van der Waals surface area contributed by atoms with Crippen LogP contribution in [0.3, 0.4) is 0 Å². The molecule has 0 unspecified atom stereocenters. The van der Waals surface area contributed by atoms with Gasteiger partial charge >= 0.3 is 0 Å². The van der Waals surface area contributed by atoms with Crippen molar-refractivity contribution in [1.29, 1.82) is 0 Å². The predicted octanol–water partition coefficient (Wildman–Crippen LogP) is 3.42. The summed E-state index contributed by atoms with van der Waals surface area (Å²) >= 11 is 1.75. The second-order valence-corrected chi connectivity index (χ2v) is 4.96. The number of rotatable bonds is 5. The van der Waals surface area contributed by atoms with Gasteiger partial charge in [0, 0.05) is 11.3 Å². The molecular formula is C14H16O2S. The quantitative estimate of drug-likeness (QED) is 0.878. The molecule has 0 saturated heterocycles. The third-order valence-corrected chi connectivity index (χ3v) is 3.50. The summed E-state index contributed by atoms with van der Waals surface area (Å²) in [5.41, 5.74) is 0.913. The van der Waals surface area contributed by atoms with Crippen molar-refractivity contribution in [3.05, 3.63) is 52.2 Å². The molecule has 0 aliphatic rings. The van der Waals surface area contributed by atoms with Crippen LogP contribution in [0.25, 0.3) is 0 Å². The summed E-state index contributed by atoms with van der Waals surface area (Å²) in [5.74, 6) is 0.853. The third kappa shape index (κ3) is 3.58. The monoisotopic (exact) mass is 248 g/mol. The molecule has 0 aliphatic carbocycles. The lowest BCUT2D eigenvalue weighted by Crippen LogP contribution is -2.00. The number of benzene rings is 1. The van der Waals surface area contributed by atoms with Gasteiger partial charge in [0.05, 0.1) is 12.7 Å². The Kier molecular flexibility index (Phi) is 4.18. The van der Waals surface area contributed by atoms with Crippen molar-refractivity contribution >= 4 is 11.3 Å². The predicted molar refractivity (Wildman–Crippen MR) is 70.6 cm³/mol. The Bertz CT molecular complexity index is 432. The molecule has 0 spiro atoms. The van der Waals surface area contributed by atoms with Gasteiger partial charge in [0.2, 0.25) is 0 Å². The molecular weight excluding hydrogens is 232 g/mol. The molecule has 3 heteroatoms. The summed E-state index contributed by atoms with van der Waals surface area (Å²) in [5, 5.41) is 11.5. The lowest BCUT2D eigenvalue weighted by molar-refractivity contribution is 0.199. The molecule has 0 aliphatic heterocycles. The molecule has 1 heterocycles. The topological polar surface area (TPSA) is 29.5 Å². The third-order valence-electron chi connectivity index (χ3n) is 2.56. The van der Waals surface area contributed by atoms with Crippen LogP contribution in [0.15, 0.2) is 41.8 Å². The molecule has 1 aromatic carbocycles. The lowest BCUT2D eigenvalue weighted by atomic mass is 10.1. The number of aliphatic hydroxyl groups is 1. The van der Waals surface area contributed by atoms with Gasteiger partial charge in [0.15, 0.2) is 0 Å². The summed E-state index contributed by atoms with van der Waals surface area (Å²) < 4.78 is 5.64. The van der Waals surface area contributed by atoms with E-state index >= 15 is 0 Å². The molecule has 0 fully saturated rings. The zero-order valence-corrected chi connectivity index (χ0v) is 10.6. The fourth-order valence-electron chi connectivity index (χ4n) is 1.57. The van der Waals surface area contributed by atoms with Crippen molar-refractivity contribution in [3.8, 4) is 5.75 Å². The van der Waals surface area contributed by atoms with E-state index in [0.29, 0.717) is 6.61 Å². The number of hydrogen-bond acceptors (Lipinski definition) is 3. The van der Waals surface area contributed by atoms with Crippen molar-refractivity contribution in [2.24, 2.45) is 0 Å². The van der Waals surface area contributed by atoms with Crippen molar-refractivity contribution < 1.29 is 9.84 Å². The first-order chi connectivity index (χ1) is 8.25. The highest BCUT2D eigenvalue weighted by Crippen LogP contribution is 2.17. The molecule has 1 aromatic heterocycles. The molecule has 90 valence electrons. The standard InChI is InChI=1S/C14H16O2S/c1-11(15)12-4-6-13(7-5-12)16-9-8-14-3-2-10-17-14/h2-7,10-11,15H,8-9H2,1H3/t11-/m0/s1. The van der Waals surface area contributed by atoms with Crippen molar-refractivity contribution in [3.63, 3.8) is 0 Å². The molecule has 0 saturated carbocycles. The molecule has 0 radical (unpaired) electrons. The molecule has 2 aromatic rings. The zero-order chi connectivity index (χ0) is 12.1. The van der Waals surface area contributed by atoms with Crippen LogP contribution in [0, 0.1) is 0 Å². The van der Waals surface area contributed by atoms with Gasteiger partial charge in [-0.3, -0.25) is 0 Å². The minimum absolute atomic E-state index is 0.421. The van der Waals surface area contributed by atoms with E-state index < -0.39 is 6.10 Å². The van der Waals surface area contributed by atoms with Crippen LogP contribution in [0.1, 0.15) is 23.5 Å². The maximum atomic E-state index is 9.38. The fourth-order valence-corrected chi connectivity index (χ4v) is 2.26. The van der Waals surface area contributed by atoms with Gasteiger partial charge in [-0.2, -0.15) is 0 Å². The molecule has 0 amide bonds. The molecule has 2 rings (SSSR count). The van der Waals surface area contributed by atoms with Gasteiger partial charge in [-0.15, -0.1) is 11.3 Å². The Morgan fingerprint density at radius 3 is 2.59 bits per heavy atom. The Morgan fingerprint density at radius 1 is 1.24 bits per heavy atom. The first-order valence-electron chi connectivity index (χ1n) is 5.69. The Hall–Kier alpha value is -1.32. The maximum Gasteiger partial charge on any atom is 0.119 e. The van der Waals surface area contributed by atoms with Gasteiger partial charge in [-0.1, -0.05) is 18.2 Å². The first-order valence-corrected chi connectivity index (χ1v) is 6.57. The molecule has 0 bridgehead atoms. The summed E-state index contributed by atoms with van der Waals surface area (Å²) in [6.45, 7) is 2.45. The number of aliphatic hydroxyl groups excluding tert-OH is 1. The van der Waals surface area contributed by atoms with E-state index in [2.05, 4.69) is 17.5 Å². The average Bonchev–Trinajstić information content (AvgIpc) is 2.83. The minimum atomic E-state index is -0.421. The van der Waals surface area contributed by atoms with Gasteiger partial charge in [0.25, 0.3) is 0 Å². The highest BCUT2D eigenvalue weighted by atomic mass is 32.1. The second kappa shape index (κ2) is 5.84. The van der Waals surface area contributed by atoms with Crippen LogP contribution in [-0.2, 0) is 6.42 Å². The Morgan fingerprint density at radius 2 is 2.00 bits per heavy atom. The van der Waals surface area contributed by atoms with Crippen LogP contribution < -0.4 is 4.74 Å². The number of hydrogen-bond donors (Lipinski definition) is 1. The summed E-state index contributed by atoms with van der Waals surface area (Å²) in [7, 11) is 0. The lowest BCUT2D eigenvalue weighted by Gasteiger charge is -2.08. The van der Waals surface area contributed by atoms with E-state index in [1.54, 1.807) is 18.3 Å². The van der Waals surface area contributed by atoms with Crippen LogP contribution in [0.5, 0.6) is 5.75 Å². The van der Waals surface area contributed by atoms with Crippen molar-refractivity contribution in [1.82, 2.24) is 0 Å². The fraction of sp³-hybridized carbons (Fsp3) is 0.286. The Labute approximate surface area is 105 Å². The summed E-state index contributed by atoms with van der Waals surface area (Å²) in [6.07, 6.45) is 0.519. The van der Waals surface area contributed by atoms with E-state index in [1.165, 1.54) is 4.88 Å². The van der Waals surface area contributed by atoms with E-state index in [9.17, 15) is 5.11 Å². The van der Waals surface area contributed by atoms with Crippen LogP contribution in [0.4, 0.5) is 0 Å². The summed E-state index contributed by atoms with van der Waals surface area (Å²) in [4.78, 5) is 1.34. The summed E-state index contributed by atoms with van der Waals surface area (Å²) in [6, 6.07) is 11.8. The van der Waals surface area contributed by atoms with E-state index in [-0.39, 0.29) is 0 Å². The normalized spacial score (nSPS) is 12.4. The van der Waals surface area contributed by atoms with E-state index in [4.69, 9.17) is 4.74 Å². The SMILES string of the molecule is C[C@H](O)c1ccc(OCCc2cccs2)cc1. The van der Waals surface area contributed by atoms with E-state index in [0.717, 1.165) is 17.7 Å². The van der Waals surface area contributed by atoms with Crippen molar-refractivity contribution in [2.45, 2.75) is 19.4 Å². The minimum Gasteiger partial charge on any atom is -0.493 e. The van der Waals surface area contributed by atoms with Gasteiger partial charge in [-0.25, -0.2) is 0 Å². The number of ether oxygens (including phenoxy) is 1. The van der Waals surface area contributed by atoms with Crippen molar-refractivity contribution in [2.75, 3.05) is 6.61 Å². The highest BCUT2D eigenvalue weighted by molar-refractivity contribution is 7.09. The van der Waals surface area contributed by atoms with Gasteiger partial charge < -0.3 is 9.84 Å². The van der Waals surface area contributed by atoms with Crippen LogP contribution >= 0.6 is 11.3 Å². The molecule has 1 atom stereocenters.